The molecule has 0 heterocycles. The van der Waals surface area contributed by atoms with Crippen LogP contribution in [0.2, 0.25) is 0 Å². The van der Waals surface area contributed by atoms with Crippen molar-refractivity contribution in [1.82, 2.24) is 0 Å². The smallest absolute Gasteiger partial charge is 0.273 e. The highest BCUT2D eigenvalue weighted by Crippen LogP contribution is 2.40. The van der Waals surface area contributed by atoms with Gasteiger partial charge < -0.3 is 5.11 Å². The van der Waals surface area contributed by atoms with Gasteiger partial charge in [-0.15, -0.1) is 0 Å². The van der Waals surface area contributed by atoms with Crippen molar-refractivity contribution in [3.8, 4) is 0 Å². The molecule has 12 heavy (non-hydrogen) atoms. The van der Waals surface area contributed by atoms with Gasteiger partial charge in [0.15, 0.2) is 0 Å². The van der Waals surface area contributed by atoms with E-state index in [4.69, 9.17) is 12.7 Å². The van der Waals surface area contributed by atoms with Crippen LogP contribution in [0.15, 0.2) is 12.2 Å². The number of aliphatic hydroxyl groups is 1. The Labute approximate surface area is 89.7 Å². The lowest BCUT2D eigenvalue weighted by atomic mass is 10.3. The van der Waals surface area contributed by atoms with Gasteiger partial charge in [-0.25, -0.2) is 0 Å². The lowest BCUT2D eigenvalue weighted by molar-refractivity contribution is -0.409. The van der Waals surface area contributed by atoms with E-state index in [-0.39, 0.29) is 6.61 Å². The first-order valence-corrected chi connectivity index (χ1v) is 7.70. The first kappa shape index (κ1) is 15.1. The van der Waals surface area contributed by atoms with Crippen molar-refractivity contribution < 1.29 is 9.53 Å². The summed E-state index contributed by atoms with van der Waals surface area (Å²) in [5, 5.41) is 8.45. The summed E-state index contributed by atoms with van der Waals surface area (Å²) in [4.78, 5) is 0. The number of halogens is 1. The summed E-state index contributed by atoms with van der Waals surface area (Å²) in [6.07, 6.45) is 1.56. The molecule has 5 heteroatoms. The van der Waals surface area contributed by atoms with E-state index in [0.29, 0.717) is 6.42 Å². The Bertz CT molecular complexity index is 131. The van der Waals surface area contributed by atoms with E-state index in [1.165, 1.54) is 7.11 Å². The summed E-state index contributed by atoms with van der Waals surface area (Å²) in [6.45, 7) is 6.94. The lowest BCUT2D eigenvalue weighted by Gasteiger charge is -2.04. The molecular formula is C7H14BIO2P+. The van der Waals surface area contributed by atoms with Gasteiger partial charge in [-0.05, 0) is 12.6 Å². The van der Waals surface area contributed by atoms with E-state index >= 15 is 0 Å². The van der Waals surface area contributed by atoms with Crippen molar-refractivity contribution >= 4 is 41.8 Å². The van der Waals surface area contributed by atoms with Gasteiger partial charge in [0.05, 0.1) is 0 Å². The zero-order valence-corrected chi connectivity index (χ0v) is 10.3. The van der Waals surface area contributed by atoms with Crippen LogP contribution in [0.5, 0.6) is 0 Å². The second kappa shape index (κ2) is 11.6. The van der Waals surface area contributed by atoms with Gasteiger partial charge in [0, 0.05) is 6.61 Å². The third-order valence-electron chi connectivity index (χ3n) is 0.840. The maximum Gasteiger partial charge on any atom is 0.273 e. The average Bonchev–Trinajstić information content (AvgIpc) is 1.87. The summed E-state index contributed by atoms with van der Waals surface area (Å²) in [7, 11) is 7.05. The number of hydrogen-bond donors (Lipinski definition) is 1. The Kier molecular flexibility index (Phi) is 14.6. The molecule has 0 aromatic heterocycles. The molecule has 0 spiro atoms. The molecule has 1 N–H and O–H groups in total. The van der Waals surface area contributed by atoms with E-state index in [2.05, 4.69) is 39.8 Å². The first-order chi connectivity index (χ1) is 5.58. The molecule has 68 valence electrons. The monoisotopic (exact) mass is 299 g/mol. The standard InChI is InChI=1S/C5H9BIOP.C2H5O/c1-5(2-3-8)4-9(6)7;1-3-2/h8H,1-4H2;1H2,2H3/q;+1. The van der Waals surface area contributed by atoms with Crippen molar-refractivity contribution in [2.75, 3.05) is 19.9 Å². The van der Waals surface area contributed by atoms with E-state index < -0.39 is 5.44 Å². The SMILES string of the molecule is C=[O+]C.[B]P(I)CC(=C)CCO. The fraction of sp³-hybridized carbons (Fsp3) is 0.571. The predicted octanol–water partition coefficient (Wildman–Crippen LogP) is 1.82. The van der Waals surface area contributed by atoms with E-state index in [1.807, 2.05) is 0 Å². The summed E-state index contributed by atoms with van der Waals surface area (Å²) in [5.74, 6) is 0. The minimum absolute atomic E-state index is 0.193. The van der Waals surface area contributed by atoms with Gasteiger partial charge in [0.25, 0.3) is 13.9 Å². The Morgan fingerprint density at radius 3 is 2.42 bits per heavy atom. The Hall–Kier alpha value is 0.595. The zero-order valence-electron chi connectivity index (χ0n) is 7.29. The molecule has 0 aromatic carbocycles. The van der Waals surface area contributed by atoms with E-state index in [0.717, 1.165) is 11.7 Å². The minimum Gasteiger partial charge on any atom is -0.396 e. The van der Waals surface area contributed by atoms with Crippen molar-refractivity contribution in [3.63, 3.8) is 0 Å². The second-order valence-corrected chi connectivity index (χ2v) is 6.90. The minimum atomic E-state index is -0.392. The first-order valence-electron chi connectivity index (χ1n) is 3.32. The van der Waals surface area contributed by atoms with Crippen LogP contribution in [-0.4, -0.2) is 39.3 Å². The number of carbonyl (C=O) groups excluding carboxylic acids is 1. The normalized spacial score (nSPS) is 10.9. The lowest BCUT2D eigenvalue weighted by Crippen LogP contribution is -1.89. The Morgan fingerprint density at radius 1 is 1.75 bits per heavy atom. The summed E-state index contributed by atoms with van der Waals surface area (Å²) >= 11 is 2.20. The van der Waals surface area contributed by atoms with Crippen LogP contribution in [-0.2, 0) is 4.42 Å². The summed E-state index contributed by atoms with van der Waals surface area (Å²) < 4.78 is 4.00. The molecule has 0 amide bonds. The molecule has 2 radical (unpaired) electrons. The third-order valence-corrected chi connectivity index (χ3v) is 2.61. The fourth-order valence-electron chi connectivity index (χ4n) is 0.451. The molecule has 0 fully saturated rings. The molecule has 0 aliphatic heterocycles. The van der Waals surface area contributed by atoms with Crippen LogP contribution in [0.3, 0.4) is 0 Å². The van der Waals surface area contributed by atoms with Gasteiger partial charge >= 0.3 is 0 Å². The molecule has 0 aliphatic rings. The molecule has 0 aliphatic carbocycles. The number of aliphatic hydroxyl groups excluding tert-OH is 1. The van der Waals surface area contributed by atoms with Crippen LogP contribution < -0.4 is 0 Å². The number of hydrogen-bond acceptors (Lipinski definition) is 1. The molecule has 0 rings (SSSR count). The van der Waals surface area contributed by atoms with Crippen LogP contribution in [0.25, 0.3) is 0 Å². The highest BCUT2D eigenvalue weighted by molar-refractivity contribution is 14.2. The third kappa shape index (κ3) is 16.9. The highest BCUT2D eigenvalue weighted by atomic mass is 127. The fourth-order valence-corrected chi connectivity index (χ4v) is 2.48. The highest BCUT2D eigenvalue weighted by Gasteiger charge is 1.96. The van der Waals surface area contributed by atoms with Crippen LogP contribution in [0, 0.1) is 0 Å². The maximum absolute atomic E-state index is 8.45. The second-order valence-electron chi connectivity index (χ2n) is 2.07. The largest absolute Gasteiger partial charge is 0.396 e. The average molecular weight is 299 g/mol. The molecule has 2 nitrogen and oxygen atoms in total. The van der Waals surface area contributed by atoms with Crippen molar-refractivity contribution in [3.05, 3.63) is 12.2 Å². The maximum atomic E-state index is 8.45. The van der Waals surface area contributed by atoms with E-state index in [9.17, 15) is 0 Å². The van der Waals surface area contributed by atoms with E-state index in [1.54, 1.807) is 0 Å². The molecular weight excluding hydrogens is 285 g/mol. The molecule has 0 bridgehead atoms. The molecule has 0 aromatic rings. The summed E-state index contributed by atoms with van der Waals surface area (Å²) in [6, 6.07) is 0. The van der Waals surface area contributed by atoms with Crippen molar-refractivity contribution in [1.29, 1.82) is 0 Å². The van der Waals surface area contributed by atoms with Gasteiger partial charge in [-0.1, -0.05) is 39.6 Å². The predicted molar refractivity (Wildman–Crippen MR) is 65.4 cm³/mol. The van der Waals surface area contributed by atoms with Crippen molar-refractivity contribution in [2.24, 2.45) is 0 Å². The Morgan fingerprint density at radius 2 is 2.17 bits per heavy atom. The molecule has 1 unspecified atom stereocenters. The number of rotatable bonds is 4. The van der Waals surface area contributed by atoms with Crippen LogP contribution in [0.4, 0.5) is 0 Å². The topological polar surface area (TPSA) is 31.5 Å². The zero-order chi connectivity index (χ0) is 9.98. The van der Waals surface area contributed by atoms with Gasteiger partial charge in [0.2, 0.25) is 0 Å². The van der Waals surface area contributed by atoms with Crippen LogP contribution in [0.1, 0.15) is 6.42 Å². The Balaban J connectivity index is 0. The molecule has 0 saturated heterocycles. The summed E-state index contributed by atoms with van der Waals surface area (Å²) in [5.41, 5.74) is 0.664. The quantitative estimate of drug-likeness (QED) is 0.277. The molecule has 0 saturated carbocycles. The van der Waals surface area contributed by atoms with Gasteiger partial charge in [0.1, 0.15) is 7.57 Å². The van der Waals surface area contributed by atoms with Gasteiger partial charge in [-0.2, -0.15) is 0 Å². The van der Waals surface area contributed by atoms with Gasteiger partial charge in [-0.3, -0.25) is 4.42 Å². The van der Waals surface area contributed by atoms with Crippen LogP contribution >= 0.6 is 27.5 Å². The molecule has 1 atom stereocenters. The van der Waals surface area contributed by atoms with Crippen molar-refractivity contribution in [2.45, 2.75) is 6.42 Å².